The van der Waals surface area contributed by atoms with Gasteiger partial charge in [0.05, 0.1) is 0 Å². The first-order valence-electron chi connectivity index (χ1n) is 2.91. The zero-order chi connectivity index (χ0) is 8.15. The number of hydrogen-bond donors (Lipinski definition) is 4. The first kappa shape index (κ1) is 14.5. The Morgan fingerprint density at radius 3 is 2.00 bits per heavy atom. The minimum Gasteiger partial charge on any atom is -0.428 e. The number of rotatable bonds is 4. The third-order valence-electron chi connectivity index (χ3n) is 1.09. The summed E-state index contributed by atoms with van der Waals surface area (Å²) in [7, 11) is 0. The molecule has 11 heavy (non-hydrogen) atoms. The molecule has 0 rings (SSSR count). The quantitative estimate of drug-likeness (QED) is 0.430. The molecule has 65 valence electrons. The van der Waals surface area contributed by atoms with Gasteiger partial charge in [0.1, 0.15) is 0 Å². The summed E-state index contributed by atoms with van der Waals surface area (Å²) in [6, 6.07) is 0. The molecule has 0 heterocycles. The largest absolute Gasteiger partial charge is 0.428 e. The fraction of sp³-hybridized carbons (Fsp3) is 0.667. The molecule has 0 saturated heterocycles. The van der Waals surface area contributed by atoms with E-state index in [0.717, 1.165) is 6.42 Å². The molecule has 0 aliphatic rings. The predicted octanol–water partition coefficient (Wildman–Crippen LogP) is -1.90. The zero-order valence-electron chi connectivity index (χ0n) is 6.09. The molecular weight excluding hydrogens is 225 g/mol. The Hall–Kier alpha value is 0.944. The van der Waals surface area contributed by atoms with E-state index in [4.69, 9.17) is 20.4 Å². The topological polar surface area (TPSA) is 80.9 Å². The van der Waals surface area contributed by atoms with Gasteiger partial charge in [-0.3, -0.25) is 6.42 Å². The molecule has 0 saturated carbocycles. The van der Waals surface area contributed by atoms with Crippen LogP contribution in [0.2, 0.25) is 0 Å². The van der Waals surface area contributed by atoms with Crippen LogP contribution in [0.15, 0.2) is 0 Å². The van der Waals surface area contributed by atoms with E-state index in [1.165, 1.54) is 0 Å². The van der Waals surface area contributed by atoms with Crippen molar-refractivity contribution in [3.63, 3.8) is 0 Å². The smallest absolute Gasteiger partial charge is 0.0497 e. The van der Waals surface area contributed by atoms with Gasteiger partial charge >= 0.3 is 0 Å². The fourth-order valence-electron chi connectivity index (χ4n) is 0.475. The first-order valence-corrected chi connectivity index (χ1v) is 2.91. The van der Waals surface area contributed by atoms with Crippen molar-refractivity contribution in [2.45, 2.75) is 18.3 Å². The molecule has 0 aromatic rings. The van der Waals surface area contributed by atoms with Crippen LogP contribution < -0.4 is 0 Å². The van der Waals surface area contributed by atoms with Gasteiger partial charge in [-0.2, -0.15) is 0 Å². The Bertz CT molecular complexity index is 88.7. The van der Waals surface area contributed by atoms with Crippen molar-refractivity contribution in [3.8, 4) is 0 Å². The van der Waals surface area contributed by atoms with Gasteiger partial charge < -0.3 is 27.3 Å². The normalized spacial score (nSPS) is 18.3. The second-order valence-electron chi connectivity index (χ2n) is 1.97. The van der Waals surface area contributed by atoms with Gasteiger partial charge in [0.15, 0.2) is 0 Å². The molecule has 1 radical (unpaired) electrons. The molecule has 0 aromatic carbocycles. The van der Waals surface area contributed by atoms with E-state index >= 15 is 0 Å². The summed E-state index contributed by atoms with van der Waals surface area (Å²) in [5.74, 6) is 0. The monoisotopic (exact) mass is 237 g/mol. The Labute approximate surface area is 91.1 Å². The molecule has 0 bridgehead atoms. The average molecular weight is 237 g/mol. The number of aliphatic hydroxyl groups excluding tert-OH is 4. The average Bonchev–Trinajstić information content (AvgIpc) is 1.87. The molecule has 4 nitrogen and oxygen atoms in total. The van der Waals surface area contributed by atoms with Crippen LogP contribution in [-0.4, -0.2) is 45.3 Å². The summed E-state index contributed by atoms with van der Waals surface area (Å²) >= 11 is 0. The van der Waals surface area contributed by atoms with E-state index in [9.17, 15) is 0 Å². The zero-order valence-corrected chi connectivity index (χ0v) is 8.93. The van der Waals surface area contributed by atoms with Crippen LogP contribution in [0, 0.1) is 13.3 Å². The van der Waals surface area contributed by atoms with E-state index in [0.29, 0.717) is 0 Å². The van der Waals surface area contributed by atoms with Crippen LogP contribution in [0.5, 0.6) is 0 Å². The van der Waals surface area contributed by atoms with Crippen LogP contribution >= 0.6 is 0 Å². The van der Waals surface area contributed by atoms with E-state index in [-0.39, 0.29) is 39.3 Å². The van der Waals surface area contributed by atoms with Crippen molar-refractivity contribution in [2.24, 2.45) is 0 Å². The standard InChI is InChI=1S/C6H12O4.Y/c1-4(8)6(10)5(9)2-3-7;/h2,4-10H,1,3H2;/q-2;. The van der Waals surface area contributed by atoms with E-state index in [1.54, 1.807) is 0 Å². The minimum absolute atomic E-state index is 0. The van der Waals surface area contributed by atoms with Crippen LogP contribution in [0.25, 0.3) is 0 Å². The predicted molar refractivity (Wildman–Crippen MR) is 34.8 cm³/mol. The van der Waals surface area contributed by atoms with Crippen molar-refractivity contribution >= 4 is 0 Å². The van der Waals surface area contributed by atoms with Crippen LogP contribution in [0.1, 0.15) is 0 Å². The molecule has 0 aliphatic heterocycles. The number of aliphatic hydroxyl groups is 4. The third-order valence-corrected chi connectivity index (χ3v) is 1.09. The second-order valence-corrected chi connectivity index (χ2v) is 1.97. The molecular formula is C6H12O4Y-2. The molecule has 4 N–H and O–H groups in total. The van der Waals surface area contributed by atoms with Gasteiger partial charge in [-0.25, -0.2) is 0 Å². The molecule has 5 heteroatoms. The number of hydrogen-bond acceptors (Lipinski definition) is 4. The van der Waals surface area contributed by atoms with Crippen molar-refractivity contribution in [1.82, 2.24) is 0 Å². The Morgan fingerprint density at radius 1 is 1.27 bits per heavy atom. The first-order chi connectivity index (χ1) is 4.59. The Kier molecular flexibility index (Phi) is 9.98. The van der Waals surface area contributed by atoms with Crippen molar-refractivity contribution < 1.29 is 53.1 Å². The summed E-state index contributed by atoms with van der Waals surface area (Å²) in [6.45, 7) is 2.74. The summed E-state index contributed by atoms with van der Waals surface area (Å²) in [5.41, 5.74) is 0. The molecule has 0 fully saturated rings. The van der Waals surface area contributed by atoms with Gasteiger partial charge in [-0.15, -0.1) is 0 Å². The van der Waals surface area contributed by atoms with Gasteiger partial charge in [0.2, 0.25) is 0 Å². The van der Waals surface area contributed by atoms with Crippen LogP contribution in [0.3, 0.4) is 0 Å². The molecule has 0 amide bonds. The van der Waals surface area contributed by atoms with Crippen LogP contribution in [-0.2, 0) is 32.7 Å². The summed E-state index contributed by atoms with van der Waals surface area (Å²) in [5, 5.41) is 34.5. The van der Waals surface area contributed by atoms with Gasteiger partial charge in [0, 0.05) is 38.8 Å². The summed E-state index contributed by atoms with van der Waals surface area (Å²) < 4.78 is 0. The fourth-order valence-corrected chi connectivity index (χ4v) is 0.475. The molecule has 3 unspecified atom stereocenters. The summed E-state index contributed by atoms with van der Waals surface area (Å²) in [4.78, 5) is 0. The van der Waals surface area contributed by atoms with E-state index in [2.05, 4.69) is 6.92 Å². The van der Waals surface area contributed by atoms with E-state index in [1.807, 2.05) is 0 Å². The maximum atomic E-state index is 8.82. The maximum Gasteiger partial charge on any atom is 0.0497 e. The van der Waals surface area contributed by atoms with Gasteiger partial charge in [-0.1, -0.05) is 6.61 Å². The van der Waals surface area contributed by atoms with Crippen LogP contribution in [0.4, 0.5) is 0 Å². The molecule has 0 aliphatic carbocycles. The van der Waals surface area contributed by atoms with Crippen molar-refractivity contribution in [1.29, 1.82) is 0 Å². The SMILES string of the molecule is [CH2-]C(O)C(O)C(O)[CH-]CO.[Y]. The minimum atomic E-state index is -1.33. The Morgan fingerprint density at radius 2 is 1.73 bits per heavy atom. The van der Waals surface area contributed by atoms with Gasteiger partial charge in [0.25, 0.3) is 0 Å². The second kappa shape index (κ2) is 7.59. The van der Waals surface area contributed by atoms with Gasteiger partial charge in [-0.05, 0) is 12.2 Å². The Balaban J connectivity index is 0. The van der Waals surface area contributed by atoms with E-state index < -0.39 is 18.3 Å². The van der Waals surface area contributed by atoms with Crippen molar-refractivity contribution in [3.05, 3.63) is 13.3 Å². The van der Waals surface area contributed by atoms with Crippen molar-refractivity contribution in [2.75, 3.05) is 6.61 Å². The molecule has 3 atom stereocenters. The maximum absolute atomic E-state index is 8.82. The molecule has 0 aromatic heterocycles. The summed E-state index contributed by atoms with van der Waals surface area (Å²) in [6.07, 6.45) is -2.72. The third kappa shape index (κ3) is 6.14. The molecule has 0 spiro atoms.